The van der Waals surface area contributed by atoms with Crippen molar-refractivity contribution in [3.8, 4) is 11.5 Å². The molecule has 0 N–H and O–H groups in total. The molecular weight excluding hydrogens is 446 g/mol. The number of piperidine rings is 1. The van der Waals surface area contributed by atoms with Crippen molar-refractivity contribution in [3.63, 3.8) is 0 Å². The van der Waals surface area contributed by atoms with Gasteiger partial charge in [0.15, 0.2) is 0 Å². The number of benzene rings is 4. The van der Waals surface area contributed by atoms with Gasteiger partial charge in [0, 0.05) is 18.5 Å². The van der Waals surface area contributed by atoms with Gasteiger partial charge in [-0.25, -0.2) is 0 Å². The van der Waals surface area contributed by atoms with Gasteiger partial charge >= 0.3 is 0 Å². The molecule has 1 fully saturated rings. The van der Waals surface area contributed by atoms with Crippen molar-refractivity contribution >= 4 is 5.91 Å². The second-order valence-corrected chi connectivity index (χ2v) is 9.63. The monoisotopic (exact) mass is 475 g/mol. The van der Waals surface area contributed by atoms with Crippen LogP contribution in [0.2, 0.25) is 0 Å². The highest BCUT2D eigenvalue weighted by atomic mass is 16.5. The Balaban J connectivity index is 1.36. The molecule has 0 saturated carbocycles. The third-order valence-corrected chi connectivity index (χ3v) is 7.34. The van der Waals surface area contributed by atoms with Crippen LogP contribution >= 0.6 is 0 Å². The number of amides is 1. The highest BCUT2D eigenvalue weighted by Crippen LogP contribution is 2.50. The summed E-state index contributed by atoms with van der Waals surface area (Å²) in [5.74, 6) is 1.66. The quantitative estimate of drug-likeness (QED) is 0.340. The van der Waals surface area contributed by atoms with Crippen LogP contribution in [-0.2, 0) is 23.2 Å². The molecule has 1 amide bonds. The van der Waals surface area contributed by atoms with E-state index in [1.54, 1.807) is 0 Å². The first-order valence-electron chi connectivity index (χ1n) is 12.6. The standard InChI is InChI=1S/C32H29NO3/c34-31-32(26-14-8-3-9-15-26)21-28(22-33(31)19-18-24-10-4-1-5-11-24)36-30-17-16-27(20-29(30)32)35-23-25-12-6-2-7-13-25/h1-17,20,28H,18-19,21-23H2. The molecule has 1 saturated heterocycles. The summed E-state index contributed by atoms with van der Waals surface area (Å²) in [7, 11) is 0. The van der Waals surface area contributed by atoms with Gasteiger partial charge in [-0.15, -0.1) is 0 Å². The second-order valence-electron chi connectivity index (χ2n) is 9.63. The van der Waals surface area contributed by atoms with Crippen LogP contribution in [-0.4, -0.2) is 30.0 Å². The second kappa shape index (κ2) is 9.54. The van der Waals surface area contributed by atoms with Crippen LogP contribution in [0.15, 0.2) is 109 Å². The Bertz CT molecular complexity index is 1340. The number of carbonyl (C=O) groups is 1. The van der Waals surface area contributed by atoms with Gasteiger partial charge in [-0.2, -0.15) is 0 Å². The van der Waals surface area contributed by atoms with Gasteiger partial charge in [0.2, 0.25) is 5.91 Å². The molecule has 4 aromatic carbocycles. The number of carbonyl (C=O) groups excluding carboxylic acids is 1. The maximum Gasteiger partial charge on any atom is 0.238 e. The maximum atomic E-state index is 14.4. The van der Waals surface area contributed by atoms with E-state index in [2.05, 4.69) is 24.3 Å². The van der Waals surface area contributed by atoms with E-state index in [4.69, 9.17) is 9.47 Å². The molecule has 36 heavy (non-hydrogen) atoms. The number of likely N-dealkylation sites (tertiary alicyclic amines) is 1. The van der Waals surface area contributed by atoms with Crippen LogP contribution in [0.25, 0.3) is 0 Å². The van der Waals surface area contributed by atoms with Crippen LogP contribution in [0, 0.1) is 0 Å². The van der Waals surface area contributed by atoms with Gasteiger partial charge in [-0.3, -0.25) is 4.79 Å². The number of hydrogen-bond acceptors (Lipinski definition) is 3. The fraction of sp³-hybridized carbons (Fsp3) is 0.219. The summed E-state index contributed by atoms with van der Waals surface area (Å²) < 4.78 is 12.6. The number of fused-ring (bicyclic) bond motifs is 4. The van der Waals surface area contributed by atoms with E-state index in [-0.39, 0.29) is 12.0 Å². The molecule has 4 aromatic rings. The zero-order chi connectivity index (χ0) is 24.4. The average molecular weight is 476 g/mol. The molecule has 4 nitrogen and oxygen atoms in total. The first kappa shape index (κ1) is 22.4. The Morgan fingerprint density at radius 3 is 2.22 bits per heavy atom. The van der Waals surface area contributed by atoms with Crippen molar-refractivity contribution in [2.24, 2.45) is 0 Å². The first-order chi connectivity index (χ1) is 17.7. The van der Waals surface area contributed by atoms with Crippen LogP contribution in [0.4, 0.5) is 0 Å². The first-order valence-corrected chi connectivity index (χ1v) is 12.6. The summed E-state index contributed by atoms with van der Waals surface area (Å²) in [5.41, 5.74) is 3.44. The molecule has 0 spiro atoms. The average Bonchev–Trinajstić information content (AvgIpc) is 2.94. The molecule has 0 radical (unpaired) electrons. The van der Waals surface area contributed by atoms with Gasteiger partial charge in [-0.1, -0.05) is 91.0 Å². The Morgan fingerprint density at radius 2 is 1.50 bits per heavy atom. The van der Waals surface area contributed by atoms with Crippen LogP contribution in [0.5, 0.6) is 11.5 Å². The third kappa shape index (κ3) is 4.13. The molecule has 2 heterocycles. The molecule has 2 unspecified atom stereocenters. The lowest BCUT2D eigenvalue weighted by Gasteiger charge is -2.49. The molecular formula is C32H29NO3. The highest BCUT2D eigenvalue weighted by Gasteiger charge is 2.54. The Hall–Kier alpha value is -4.05. The Morgan fingerprint density at radius 1 is 0.833 bits per heavy atom. The molecule has 180 valence electrons. The van der Waals surface area contributed by atoms with Crippen molar-refractivity contribution in [1.29, 1.82) is 0 Å². The molecule has 6 rings (SSSR count). The molecule has 2 bridgehead atoms. The van der Waals surface area contributed by atoms with E-state index in [9.17, 15) is 4.79 Å². The predicted molar refractivity (Wildman–Crippen MR) is 140 cm³/mol. The maximum absolute atomic E-state index is 14.4. The summed E-state index contributed by atoms with van der Waals surface area (Å²) in [4.78, 5) is 16.4. The van der Waals surface area contributed by atoms with Crippen molar-refractivity contribution < 1.29 is 14.3 Å². The minimum atomic E-state index is -0.791. The van der Waals surface area contributed by atoms with E-state index in [1.807, 2.05) is 89.8 Å². The minimum Gasteiger partial charge on any atom is -0.489 e. The van der Waals surface area contributed by atoms with Gasteiger partial charge in [-0.05, 0) is 41.3 Å². The largest absolute Gasteiger partial charge is 0.489 e. The van der Waals surface area contributed by atoms with E-state index in [0.717, 1.165) is 34.6 Å². The summed E-state index contributed by atoms with van der Waals surface area (Å²) in [6.07, 6.45) is 1.40. The van der Waals surface area contributed by atoms with Gasteiger partial charge < -0.3 is 14.4 Å². The molecule has 0 aromatic heterocycles. The smallest absolute Gasteiger partial charge is 0.238 e. The summed E-state index contributed by atoms with van der Waals surface area (Å²) in [5, 5.41) is 0. The van der Waals surface area contributed by atoms with Gasteiger partial charge in [0.1, 0.15) is 29.6 Å². The molecule has 2 atom stereocenters. The van der Waals surface area contributed by atoms with E-state index in [1.165, 1.54) is 5.56 Å². The molecule has 2 aliphatic rings. The third-order valence-electron chi connectivity index (χ3n) is 7.34. The highest BCUT2D eigenvalue weighted by molar-refractivity contribution is 5.94. The van der Waals surface area contributed by atoms with Gasteiger partial charge in [0.25, 0.3) is 0 Å². The zero-order valence-corrected chi connectivity index (χ0v) is 20.2. The van der Waals surface area contributed by atoms with Crippen LogP contribution in [0.3, 0.4) is 0 Å². The van der Waals surface area contributed by atoms with Crippen LogP contribution < -0.4 is 9.47 Å². The number of hydrogen-bond donors (Lipinski definition) is 0. The zero-order valence-electron chi connectivity index (χ0n) is 20.2. The topological polar surface area (TPSA) is 38.8 Å². The van der Waals surface area contributed by atoms with E-state index < -0.39 is 5.41 Å². The van der Waals surface area contributed by atoms with Crippen LogP contribution in [0.1, 0.15) is 28.7 Å². The lowest BCUT2D eigenvalue weighted by molar-refractivity contribution is -0.144. The number of rotatable bonds is 7. The fourth-order valence-electron chi connectivity index (χ4n) is 5.57. The summed E-state index contributed by atoms with van der Waals surface area (Å²) in [6.45, 7) is 1.74. The fourth-order valence-corrected chi connectivity index (χ4v) is 5.57. The predicted octanol–water partition coefficient (Wildman–Crippen LogP) is 5.79. The van der Waals surface area contributed by atoms with Crippen molar-refractivity contribution in [2.75, 3.05) is 13.1 Å². The summed E-state index contributed by atoms with van der Waals surface area (Å²) in [6, 6.07) is 36.5. The Labute approximate surface area is 212 Å². The molecule has 4 heteroatoms. The Kier molecular flexibility index (Phi) is 5.94. The van der Waals surface area contributed by atoms with E-state index >= 15 is 0 Å². The lowest BCUT2D eigenvalue weighted by Crippen LogP contribution is -2.60. The minimum absolute atomic E-state index is 0.0535. The van der Waals surface area contributed by atoms with Gasteiger partial charge in [0.05, 0.1) is 6.54 Å². The number of ether oxygens (including phenoxy) is 2. The SMILES string of the molecule is O=C1N(CCc2ccccc2)CC2CC1(c1ccccc1)c1cc(OCc3ccccc3)ccc1O2. The number of nitrogens with zero attached hydrogens (tertiary/aromatic N) is 1. The van der Waals surface area contributed by atoms with E-state index in [0.29, 0.717) is 26.1 Å². The summed E-state index contributed by atoms with van der Waals surface area (Å²) >= 11 is 0. The molecule has 2 aliphatic heterocycles. The van der Waals surface area contributed by atoms with Crippen molar-refractivity contribution in [1.82, 2.24) is 4.90 Å². The van der Waals surface area contributed by atoms with Crippen molar-refractivity contribution in [3.05, 3.63) is 131 Å². The van der Waals surface area contributed by atoms with Crippen molar-refractivity contribution in [2.45, 2.75) is 31.0 Å². The lowest BCUT2D eigenvalue weighted by atomic mass is 9.66. The molecule has 0 aliphatic carbocycles. The normalized spacial score (nSPS) is 20.4.